The van der Waals surface area contributed by atoms with Gasteiger partial charge in [0, 0.05) is 13.2 Å². The maximum absolute atomic E-state index is 12.3. The molecule has 1 fully saturated rings. The third kappa shape index (κ3) is 8.13. The Bertz CT molecular complexity index is 942. The van der Waals surface area contributed by atoms with E-state index in [0.717, 1.165) is 22.6 Å². The van der Waals surface area contributed by atoms with Crippen molar-refractivity contribution in [1.82, 2.24) is 0 Å². The molecule has 1 aliphatic heterocycles. The Morgan fingerprint density at radius 3 is 1.84 bits per heavy atom. The first-order valence-electron chi connectivity index (χ1n) is 13.0. The lowest BCUT2D eigenvalue weighted by Gasteiger charge is -2.42. The van der Waals surface area contributed by atoms with E-state index in [1.807, 2.05) is 76.2 Å². The summed E-state index contributed by atoms with van der Waals surface area (Å²) in [4.78, 5) is 0. The zero-order valence-corrected chi connectivity index (χ0v) is 23.3. The summed E-state index contributed by atoms with van der Waals surface area (Å²) in [5, 5.41) is 12.3. The molecule has 3 atom stereocenters. The molecule has 0 amide bonds. The maximum atomic E-state index is 12.3. The van der Waals surface area contributed by atoms with Gasteiger partial charge in [-0.25, -0.2) is 0 Å². The highest BCUT2D eigenvalue weighted by molar-refractivity contribution is 5.27. The van der Waals surface area contributed by atoms with E-state index in [9.17, 15) is 5.11 Å². The van der Waals surface area contributed by atoms with Crippen molar-refractivity contribution in [2.24, 2.45) is 0 Å². The van der Waals surface area contributed by atoms with Crippen molar-refractivity contribution in [3.8, 4) is 11.5 Å². The quantitative estimate of drug-likeness (QED) is 0.320. The molecule has 0 aromatic heterocycles. The van der Waals surface area contributed by atoms with Crippen molar-refractivity contribution < 1.29 is 43.0 Å². The maximum Gasteiger partial charge on any atom is 0.191 e. The molecule has 212 valence electrons. The van der Waals surface area contributed by atoms with E-state index in [-0.39, 0.29) is 26.4 Å². The Hall–Kier alpha value is -2.24. The molecule has 1 aliphatic rings. The molecular formula is C29H42O9. The zero-order valence-electron chi connectivity index (χ0n) is 23.3. The van der Waals surface area contributed by atoms with Crippen LogP contribution in [0.25, 0.3) is 0 Å². The van der Waals surface area contributed by atoms with Crippen molar-refractivity contribution >= 4 is 0 Å². The van der Waals surface area contributed by atoms with Crippen LogP contribution in [0.3, 0.4) is 0 Å². The first kappa shape index (κ1) is 30.3. The lowest BCUT2D eigenvalue weighted by atomic mass is 9.91. The molecule has 2 aromatic rings. The first-order chi connectivity index (χ1) is 18.2. The van der Waals surface area contributed by atoms with Gasteiger partial charge >= 0.3 is 0 Å². The van der Waals surface area contributed by atoms with Gasteiger partial charge in [0.2, 0.25) is 0 Å². The second-order valence-electron chi connectivity index (χ2n) is 9.52. The van der Waals surface area contributed by atoms with Crippen LogP contribution in [0.1, 0.15) is 38.8 Å². The molecule has 1 N–H and O–H groups in total. The second kappa shape index (κ2) is 14.2. The van der Waals surface area contributed by atoms with Crippen molar-refractivity contribution in [3.63, 3.8) is 0 Å². The van der Waals surface area contributed by atoms with Crippen LogP contribution in [0.5, 0.6) is 11.5 Å². The summed E-state index contributed by atoms with van der Waals surface area (Å²) >= 11 is 0. The molecule has 0 bridgehead atoms. The van der Waals surface area contributed by atoms with Crippen LogP contribution in [0.2, 0.25) is 0 Å². The molecule has 0 unspecified atom stereocenters. The van der Waals surface area contributed by atoms with Gasteiger partial charge in [-0.1, -0.05) is 24.3 Å². The van der Waals surface area contributed by atoms with Gasteiger partial charge in [0.15, 0.2) is 17.7 Å². The Morgan fingerprint density at radius 1 is 0.868 bits per heavy atom. The highest BCUT2D eigenvalue weighted by Crippen LogP contribution is 2.34. The van der Waals surface area contributed by atoms with Crippen LogP contribution in [0.4, 0.5) is 0 Å². The van der Waals surface area contributed by atoms with E-state index in [4.69, 9.17) is 37.9 Å². The molecule has 1 heterocycles. The smallest absolute Gasteiger partial charge is 0.191 e. The van der Waals surface area contributed by atoms with Gasteiger partial charge in [-0.15, -0.1) is 0 Å². The van der Waals surface area contributed by atoms with Crippen LogP contribution >= 0.6 is 0 Å². The molecular weight excluding hydrogens is 492 g/mol. The summed E-state index contributed by atoms with van der Waals surface area (Å²) in [7, 11) is 3.24. The number of hydrogen-bond acceptors (Lipinski definition) is 9. The molecule has 2 aromatic carbocycles. The van der Waals surface area contributed by atoms with E-state index in [2.05, 4.69) is 0 Å². The molecule has 0 radical (unpaired) electrons. The third-order valence-corrected chi connectivity index (χ3v) is 6.25. The Morgan fingerprint density at radius 2 is 1.39 bits per heavy atom. The Balaban J connectivity index is 1.86. The van der Waals surface area contributed by atoms with Gasteiger partial charge in [-0.3, -0.25) is 0 Å². The van der Waals surface area contributed by atoms with E-state index in [1.54, 1.807) is 14.2 Å². The summed E-state index contributed by atoms with van der Waals surface area (Å²) in [5.41, 5.74) is 0.106. The summed E-state index contributed by atoms with van der Waals surface area (Å²) in [6, 6.07) is 15.1. The summed E-state index contributed by atoms with van der Waals surface area (Å²) in [6.07, 6.45) is -2.52. The highest BCUT2D eigenvalue weighted by Gasteiger charge is 2.53. The van der Waals surface area contributed by atoms with E-state index >= 15 is 0 Å². The monoisotopic (exact) mass is 534 g/mol. The minimum atomic E-state index is -1.72. The normalized spacial score (nSPS) is 19.3. The largest absolute Gasteiger partial charge is 0.497 e. The fourth-order valence-electron chi connectivity index (χ4n) is 4.32. The second-order valence-corrected chi connectivity index (χ2v) is 9.52. The molecule has 0 saturated carbocycles. The Labute approximate surface area is 225 Å². The summed E-state index contributed by atoms with van der Waals surface area (Å²) < 4.78 is 46.8. The topological polar surface area (TPSA) is 94.1 Å². The van der Waals surface area contributed by atoms with Crippen LogP contribution in [0.15, 0.2) is 48.5 Å². The average molecular weight is 535 g/mol. The van der Waals surface area contributed by atoms with Gasteiger partial charge in [0.05, 0.1) is 40.6 Å². The predicted octanol–water partition coefficient (Wildman–Crippen LogP) is 4.09. The number of ether oxygens (including phenoxy) is 8. The van der Waals surface area contributed by atoms with E-state index in [0.29, 0.717) is 13.2 Å². The number of benzene rings is 2. The van der Waals surface area contributed by atoms with E-state index < -0.39 is 29.9 Å². The van der Waals surface area contributed by atoms with E-state index in [1.165, 1.54) is 0 Å². The van der Waals surface area contributed by atoms with Crippen LogP contribution in [-0.2, 0) is 41.6 Å². The molecule has 38 heavy (non-hydrogen) atoms. The SMILES string of the molecule is CCOC(OCC)[C@](O)(COCc1ccc(OC)cc1)[C@H](OCc1ccc(OC)cc1)[C@H]1COC(C)(C)O1. The molecule has 1 saturated heterocycles. The predicted molar refractivity (Wildman–Crippen MR) is 141 cm³/mol. The van der Waals surface area contributed by atoms with Gasteiger partial charge in [-0.2, -0.15) is 0 Å². The fourth-order valence-corrected chi connectivity index (χ4v) is 4.32. The highest BCUT2D eigenvalue weighted by atomic mass is 16.8. The zero-order chi connectivity index (χ0) is 27.6. The van der Waals surface area contributed by atoms with Crippen LogP contribution in [0, 0.1) is 0 Å². The number of aliphatic hydroxyl groups is 1. The minimum absolute atomic E-state index is 0.128. The van der Waals surface area contributed by atoms with Crippen molar-refractivity contribution in [2.75, 3.05) is 40.6 Å². The van der Waals surface area contributed by atoms with Crippen molar-refractivity contribution in [1.29, 1.82) is 0 Å². The van der Waals surface area contributed by atoms with Gasteiger partial charge in [0.1, 0.15) is 23.7 Å². The van der Waals surface area contributed by atoms with Crippen molar-refractivity contribution in [3.05, 3.63) is 59.7 Å². The first-order valence-corrected chi connectivity index (χ1v) is 13.0. The number of methoxy groups -OCH3 is 2. The fraction of sp³-hybridized carbons (Fsp3) is 0.586. The molecule has 3 rings (SSSR count). The van der Waals surface area contributed by atoms with Gasteiger partial charge in [-0.05, 0) is 63.1 Å². The average Bonchev–Trinajstić information content (AvgIpc) is 3.28. The number of rotatable bonds is 16. The standard InChI is InChI=1S/C29H42O9/c1-7-34-27(35-8-2)29(30,20-33-17-21-9-13-23(31-5)14-10-21)26(25-19-37-28(3,4)38-25)36-18-22-11-15-24(32-6)16-12-22/h9-16,25-27,30H,7-8,17-20H2,1-6H3/t25-,26-,29+/m1/s1. The Kier molecular flexibility index (Phi) is 11.3. The third-order valence-electron chi connectivity index (χ3n) is 6.25. The summed E-state index contributed by atoms with van der Waals surface area (Å²) in [6.45, 7) is 8.56. The van der Waals surface area contributed by atoms with Crippen LogP contribution < -0.4 is 9.47 Å². The molecule has 9 heteroatoms. The molecule has 0 spiro atoms. The molecule has 0 aliphatic carbocycles. The summed E-state index contributed by atoms with van der Waals surface area (Å²) in [5.74, 6) is 0.672. The molecule has 9 nitrogen and oxygen atoms in total. The van der Waals surface area contributed by atoms with Gasteiger partial charge < -0.3 is 43.0 Å². The van der Waals surface area contributed by atoms with Crippen LogP contribution in [-0.4, -0.2) is 75.6 Å². The number of hydrogen-bond donors (Lipinski definition) is 1. The lowest BCUT2D eigenvalue weighted by Crippen LogP contribution is -2.62. The minimum Gasteiger partial charge on any atom is -0.497 e. The van der Waals surface area contributed by atoms with Crippen molar-refractivity contribution in [2.45, 2.75) is 70.8 Å². The lowest BCUT2D eigenvalue weighted by molar-refractivity contribution is -0.300. The van der Waals surface area contributed by atoms with Gasteiger partial charge in [0.25, 0.3) is 0 Å².